The Kier molecular flexibility index (Phi) is 4.96. The number of rotatable bonds is 5. The fourth-order valence-corrected chi connectivity index (χ4v) is 2.53. The molecule has 4 nitrogen and oxygen atoms in total. The predicted molar refractivity (Wildman–Crippen MR) is 101 cm³/mol. The summed E-state index contributed by atoms with van der Waals surface area (Å²) in [5, 5.41) is 7.11. The summed E-state index contributed by atoms with van der Waals surface area (Å²) < 4.78 is 0. The van der Waals surface area contributed by atoms with E-state index in [1.54, 1.807) is 0 Å². The van der Waals surface area contributed by atoms with E-state index in [4.69, 9.17) is 11.6 Å². The molecule has 0 unspecified atom stereocenters. The summed E-state index contributed by atoms with van der Waals surface area (Å²) in [6.07, 6.45) is 1.03. The normalized spacial score (nSPS) is 10.5. The van der Waals surface area contributed by atoms with Crippen molar-refractivity contribution in [2.45, 2.75) is 20.3 Å². The van der Waals surface area contributed by atoms with E-state index in [1.165, 1.54) is 5.56 Å². The van der Waals surface area contributed by atoms with E-state index in [-0.39, 0.29) is 0 Å². The highest BCUT2D eigenvalue weighted by Crippen LogP contribution is 2.24. The highest BCUT2D eigenvalue weighted by molar-refractivity contribution is 6.33. The van der Waals surface area contributed by atoms with E-state index in [2.05, 4.69) is 51.8 Å². The first kappa shape index (κ1) is 16.3. The van der Waals surface area contributed by atoms with Gasteiger partial charge in [-0.3, -0.25) is 0 Å². The summed E-state index contributed by atoms with van der Waals surface area (Å²) >= 11 is 6.18. The lowest BCUT2D eigenvalue weighted by Crippen LogP contribution is -2.02. The first-order valence-corrected chi connectivity index (χ1v) is 8.25. The molecule has 0 amide bonds. The van der Waals surface area contributed by atoms with Crippen molar-refractivity contribution in [2.24, 2.45) is 0 Å². The third-order valence-corrected chi connectivity index (χ3v) is 3.94. The third-order valence-electron chi connectivity index (χ3n) is 3.61. The van der Waals surface area contributed by atoms with Crippen LogP contribution < -0.4 is 10.6 Å². The van der Waals surface area contributed by atoms with Crippen molar-refractivity contribution in [2.75, 3.05) is 10.6 Å². The van der Waals surface area contributed by atoms with Gasteiger partial charge < -0.3 is 10.6 Å². The second-order valence-electron chi connectivity index (χ2n) is 5.50. The van der Waals surface area contributed by atoms with Crippen LogP contribution in [0.15, 0.2) is 54.6 Å². The molecule has 3 aromatic rings. The molecule has 0 spiro atoms. The van der Waals surface area contributed by atoms with Crippen LogP contribution in [-0.2, 0) is 6.42 Å². The van der Waals surface area contributed by atoms with Gasteiger partial charge in [-0.05, 0) is 43.2 Å². The van der Waals surface area contributed by atoms with Crippen molar-refractivity contribution in [3.63, 3.8) is 0 Å². The van der Waals surface area contributed by atoms with Gasteiger partial charge in [-0.25, -0.2) is 4.98 Å². The van der Waals surface area contributed by atoms with Gasteiger partial charge in [0.1, 0.15) is 5.82 Å². The van der Waals surface area contributed by atoms with Gasteiger partial charge in [0, 0.05) is 17.4 Å². The first-order valence-electron chi connectivity index (χ1n) is 7.87. The molecule has 1 aromatic heterocycles. The molecule has 0 bridgehead atoms. The van der Waals surface area contributed by atoms with Crippen molar-refractivity contribution in [3.8, 4) is 0 Å². The Morgan fingerprint density at radius 3 is 2.42 bits per heavy atom. The zero-order valence-electron chi connectivity index (χ0n) is 13.7. The Morgan fingerprint density at radius 1 is 0.958 bits per heavy atom. The number of aryl methyl sites for hydroxylation is 2. The molecule has 2 aromatic carbocycles. The van der Waals surface area contributed by atoms with Crippen molar-refractivity contribution < 1.29 is 0 Å². The zero-order valence-corrected chi connectivity index (χ0v) is 14.4. The van der Waals surface area contributed by atoms with Gasteiger partial charge in [-0.15, -0.1) is 0 Å². The number of nitrogens with one attached hydrogen (secondary N) is 2. The van der Waals surface area contributed by atoms with Gasteiger partial charge in [0.05, 0.1) is 10.7 Å². The summed E-state index contributed by atoms with van der Waals surface area (Å²) in [4.78, 5) is 8.93. The Bertz CT molecular complexity index is 831. The van der Waals surface area contributed by atoms with Gasteiger partial charge in [-0.2, -0.15) is 4.98 Å². The minimum atomic E-state index is 0.510. The number of para-hydroxylation sites is 1. The van der Waals surface area contributed by atoms with Gasteiger partial charge >= 0.3 is 0 Å². The quantitative estimate of drug-likeness (QED) is 0.646. The topological polar surface area (TPSA) is 49.8 Å². The highest BCUT2D eigenvalue weighted by atomic mass is 35.5. The van der Waals surface area contributed by atoms with Crippen molar-refractivity contribution in [3.05, 3.63) is 70.9 Å². The first-order chi connectivity index (χ1) is 11.6. The monoisotopic (exact) mass is 338 g/mol. The summed E-state index contributed by atoms with van der Waals surface area (Å²) in [5.74, 6) is 1.25. The maximum atomic E-state index is 6.18. The number of benzene rings is 2. The van der Waals surface area contributed by atoms with E-state index < -0.39 is 0 Å². The predicted octanol–water partition coefficient (Wildman–Crippen LogP) is 5.49. The van der Waals surface area contributed by atoms with Crippen LogP contribution in [0.5, 0.6) is 0 Å². The van der Waals surface area contributed by atoms with Crippen LogP contribution in [0.1, 0.15) is 18.2 Å². The lowest BCUT2D eigenvalue weighted by Gasteiger charge is -2.11. The molecule has 122 valence electrons. The molecule has 2 N–H and O–H groups in total. The molecule has 0 atom stereocenters. The molecular weight excluding hydrogens is 320 g/mol. The SMILES string of the molecule is CCc1ccc(Nc2cc(C)nc(Nc3ccccc3Cl)n2)cc1. The Hall–Kier alpha value is -2.59. The molecule has 3 rings (SSSR count). The number of aromatic nitrogens is 2. The maximum Gasteiger partial charge on any atom is 0.229 e. The fourth-order valence-electron chi connectivity index (χ4n) is 2.34. The van der Waals surface area contributed by atoms with Crippen LogP contribution in [-0.4, -0.2) is 9.97 Å². The second kappa shape index (κ2) is 7.32. The average Bonchev–Trinajstić information content (AvgIpc) is 2.57. The number of halogens is 1. The number of hydrogen-bond donors (Lipinski definition) is 2. The molecule has 0 saturated carbocycles. The van der Waals surface area contributed by atoms with Gasteiger partial charge in [0.2, 0.25) is 5.95 Å². The molecule has 0 saturated heterocycles. The molecule has 0 fully saturated rings. The molecule has 0 aliphatic carbocycles. The Morgan fingerprint density at radius 2 is 1.71 bits per heavy atom. The Balaban J connectivity index is 1.81. The molecule has 0 aliphatic heterocycles. The van der Waals surface area contributed by atoms with E-state index in [0.717, 1.165) is 29.3 Å². The van der Waals surface area contributed by atoms with E-state index >= 15 is 0 Å². The maximum absolute atomic E-state index is 6.18. The molecule has 24 heavy (non-hydrogen) atoms. The van der Waals surface area contributed by atoms with Crippen LogP contribution in [0, 0.1) is 6.92 Å². The third kappa shape index (κ3) is 4.03. The Labute approximate surface area is 146 Å². The largest absolute Gasteiger partial charge is 0.340 e. The summed E-state index contributed by atoms with van der Waals surface area (Å²) in [6, 6.07) is 17.8. The standard InChI is InChI=1S/C19H19ClN4/c1-3-14-8-10-15(11-9-14)22-18-12-13(2)21-19(24-18)23-17-7-5-4-6-16(17)20/h4-12H,3H2,1-2H3,(H2,21,22,23,24). The molecule has 0 aliphatic rings. The van der Waals surface area contributed by atoms with Crippen LogP contribution in [0.3, 0.4) is 0 Å². The van der Waals surface area contributed by atoms with Crippen LogP contribution in [0.2, 0.25) is 5.02 Å². The minimum Gasteiger partial charge on any atom is -0.340 e. The van der Waals surface area contributed by atoms with E-state index in [0.29, 0.717) is 11.0 Å². The molecule has 5 heteroatoms. The highest BCUT2D eigenvalue weighted by Gasteiger charge is 2.05. The van der Waals surface area contributed by atoms with Crippen molar-refractivity contribution in [1.29, 1.82) is 0 Å². The summed E-state index contributed by atoms with van der Waals surface area (Å²) in [5.41, 5.74) is 3.95. The number of anilines is 4. The molecule has 0 radical (unpaired) electrons. The summed E-state index contributed by atoms with van der Waals surface area (Å²) in [7, 11) is 0. The number of hydrogen-bond acceptors (Lipinski definition) is 4. The lowest BCUT2D eigenvalue weighted by molar-refractivity contribution is 1.11. The van der Waals surface area contributed by atoms with Crippen LogP contribution >= 0.6 is 11.6 Å². The summed E-state index contributed by atoms with van der Waals surface area (Å²) in [6.45, 7) is 4.08. The van der Waals surface area contributed by atoms with Gasteiger partial charge in [-0.1, -0.05) is 42.8 Å². The fraction of sp³-hybridized carbons (Fsp3) is 0.158. The molecule has 1 heterocycles. The van der Waals surface area contributed by atoms with Gasteiger partial charge in [0.15, 0.2) is 0 Å². The molecular formula is C19H19ClN4. The van der Waals surface area contributed by atoms with E-state index in [9.17, 15) is 0 Å². The van der Waals surface area contributed by atoms with Crippen LogP contribution in [0.4, 0.5) is 23.1 Å². The lowest BCUT2D eigenvalue weighted by atomic mass is 10.1. The second-order valence-corrected chi connectivity index (χ2v) is 5.91. The van der Waals surface area contributed by atoms with Crippen molar-refractivity contribution in [1.82, 2.24) is 9.97 Å². The van der Waals surface area contributed by atoms with E-state index in [1.807, 2.05) is 37.3 Å². The van der Waals surface area contributed by atoms with Gasteiger partial charge in [0.25, 0.3) is 0 Å². The zero-order chi connectivity index (χ0) is 16.9. The van der Waals surface area contributed by atoms with Crippen molar-refractivity contribution >= 4 is 34.7 Å². The average molecular weight is 339 g/mol. The smallest absolute Gasteiger partial charge is 0.229 e. The number of nitrogens with zero attached hydrogens (tertiary/aromatic N) is 2. The minimum absolute atomic E-state index is 0.510. The van der Waals surface area contributed by atoms with Crippen LogP contribution in [0.25, 0.3) is 0 Å².